The molecule has 0 atom stereocenters. The lowest BCUT2D eigenvalue weighted by Crippen LogP contribution is -1.89. The maximum absolute atomic E-state index is 4.33. The monoisotopic (exact) mass is 295 g/mol. The maximum Gasteiger partial charge on any atom is 0.188 e. The summed E-state index contributed by atoms with van der Waals surface area (Å²) in [6, 6.07) is 3.94. The van der Waals surface area contributed by atoms with Crippen molar-refractivity contribution >= 4 is 27.7 Å². The molecule has 5 heteroatoms. The van der Waals surface area contributed by atoms with Crippen molar-refractivity contribution in [3.63, 3.8) is 0 Å². The molecule has 0 radical (unpaired) electrons. The van der Waals surface area contributed by atoms with Gasteiger partial charge in [-0.05, 0) is 40.5 Å². The van der Waals surface area contributed by atoms with Crippen molar-refractivity contribution in [2.45, 2.75) is 17.8 Å². The van der Waals surface area contributed by atoms with Crippen LogP contribution >= 0.6 is 27.7 Å². The molecule has 0 aliphatic carbocycles. The Morgan fingerprint density at radius 2 is 2.25 bits per heavy atom. The van der Waals surface area contributed by atoms with E-state index in [4.69, 9.17) is 0 Å². The second-order valence-electron chi connectivity index (χ2n) is 3.28. The summed E-state index contributed by atoms with van der Waals surface area (Å²) in [4.78, 5) is 12.6. The second kappa shape index (κ2) is 5.41. The van der Waals surface area contributed by atoms with Gasteiger partial charge >= 0.3 is 0 Å². The molecular formula is C11H10BrN3S. The van der Waals surface area contributed by atoms with Gasteiger partial charge in [-0.2, -0.15) is 0 Å². The number of aryl methyl sites for hydroxylation is 1. The molecule has 16 heavy (non-hydrogen) atoms. The van der Waals surface area contributed by atoms with E-state index in [2.05, 4.69) is 36.9 Å². The van der Waals surface area contributed by atoms with E-state index in [1.54, 1.807) is 24.2 Å². The lowest BCUT2D eigenvalue weighted by atomic mass is 10.3. The molecule has 2 heterocycles. The fraction of sp³-hybridized carbons (Fsp3) is 0.182. The standard InChI is InChI=1S/C11H10BrN3S/c1-8-2-3-14-11(15-8)16-7-9-4-10(12)6-13-5-9/h2-6H,7H2,1H3. The van der Waals surface area contributed by atoms with Gasteiger partial charge in [-0.25, -0.2) is 9.97 Å². The number of hydrogen-bond donors (Lipinski definition) is 0. The number of aromatic nitrogens is 3. The molecule has 0 N–H and O–H groups in total. The predicted octanol–water partition coefficient (Wildman–Crippen LogP) is 3.23. The van der Waals surface area contributed by atoms with Crippen LogP contribution in [0.15, 0.2) is 40.4 Å². The first-order valence-electron chi connectivity index (χ1n) is 4.76. The Bertz CT molecular complexity index is 445. The first kappa shape index (κ1) is 11.5. The lowest BCUT2D eigenvalue weighted by Gasteiger charge is -2.01. The molecule has 0 saturated carbocycles. The van der Waals surface area contributed by atoms with E-state index in [0.29, 0.717) is 0 Å². The molecule has 0 aliphatic rings. The van der Waals surface area contributed by atoms with E-state index in [-0.39, 0.29) is 0 Å². The minimum absolute atomic E-state index is 0.806. The van der Waals surface area contributed by atoms with Gasteiger partial charge in [-0.3, -0.25) is 4.98 Å². The van der Waals surface area contributed by atoms with Crippen LogP contribution in [0.5, 0.6) is 0 Å². The molecule has 0 spiro atoms. The molecule has 2 aromatic rings. The van der Waals surface area contributed by atoms with Crippen LogP contribution < -0.4 is 0 Å². The number of nitrogens with zero attached hydrogens (tertiary/aromatic N) is 3. The van der Waals surface area contributed by atoms with Crippen molar-refractivity contribution in [1.82, 2.24) is 15.0 Å². The van der Waals surface area contributed by atoms with Crippen LogP contribution in [-0.4, -0.2) is 15.0 Å². The van der Waals surface area contributed by atoms with E-state index < -0.39 is 0 Å². The van der Waals surface area contributed by atoms with Gasteiger partial charge in [0.2, 0.25) is 0 Å². The summed E-state index contributed by atoms with van der Waals surface area (Å²) in [5.74, 6) is 0.829. The molecule has 3 nitrogen and oxygen atoms in total. The fourth-order valence-corrected chi connectivity index (χ4v) is 2.39. The van der Waals surface area contributed by atoms with Crippen molar-refractivity contribution in [2.75, 3.05) is 0 Å². The highest BCUT2D eigenvalue weighted by Gasteiger charge is 2.00. The Kier molecular flexibility index (Phi) is 3.90. The summed E-state index contributed by atoms with van der Waals surface area (Å²) < 4.78 is 0.996. The van der Waals surface area contributed by atoms with Crippen molar-refractivity contribution in [1.29, 1.82) is 0 Å². The van der Waals surface area contributed by atoms with Crippen molar-refractivity contribution in [2.24, 2.45) is 0 Å². The fourth-order valence-electron chi connectivity index (χ4n) is 1.18. The van der Waals surface area contributed by atoms with Gasteiger partial charge in [0, 0.05) is 34.5 Å². The maximum atomic E-state index is 4.33. The third-order valence-electron chi connectivity index (χ3n) is 1.90. The third-order valence-corrected chi connectivity index (χ3v) is 3.27. The molecular weight excluding hydrogens is 286 g/mol. The number of rotatable bonds is 3. The Morgan fingerprint density at radius 1 is 1.38 bits per heavy atom. The smallest absolute Gasteiger partial charge is 0.188 e. The first-order chi connectivity index (χ1) is 7.74. The minimum Gasteiger partial charge on any atom is -0.263 e. The normalized spacial score (nSPS) is 10.4. The molecule has 0 aliphatic heterocycles. The zero-order chi connectivity index (χ0) is 11.4. The highest BCUT2D eigenvalue weighted by molar-refractivity contribution is 9.10. The zero-order valence-electron chi connectivity index (χ0n) is 8.72. The largest absolute Gasteiger partial charge is 0.263 e. The third kappa shape index (κ3) is 3.28. The van der Waals surface area contributed by atoms with Crippen molar-refractivity contribution < 1.29 is 0 Å². The van der Waals surface area contributed by atoms with Gasteiger partial charge in [0.15, 0.2) is 5.16 Å². The second-order valence-corrected chi connectivity index (χ2v) is 5.14. The molecule has 0 bridgehead atoms. The van der Waals surface area contributed by atoms with E-state index >= 15 is 0 Å². The van der Waals surface area contributed by atoms with Gasteiger partial charge in [-0.1, -0.05) is 11.8 Å². The summed E-state index contributed by atoms with van der Waals surface area (Å²) >= 11 is 5.01. The summed E-state index contributed by atoms with van der Waals surface area (Å²) in [5.41, 5.74) is 2.15. The first-order valence-corrected chi connectivity index (χ1v) is 6.54. The predicted molar refractivity (Wildman–Crippen MR) is 68.3 cm³/mol. The summed E-state index contributed by atoms with van der Waals surface area (Å²) in [6.45, 7) is 1.96. The Morgan fingerprint density at radius 3 is 3.00 bits per heavy atom. The van der Waals surface area contributed by atoms with Crippen molar-refractivity contribution in [3.05, 3.63) is 46.5 Å². The van der Waals surface area contributed by atoms with E-state index in [0.717, 1.165) is 26.6 Å². The van der Waals surface area contributed by atoms with Crippen molar-refractivity contribution in [3.8, 4) is 0 Å². The molecule has 2 rings (SSSR count). The van der Waals surface area contributed by atoms with Crippen LogP contribution in [0.1, 0.15) is 11.3 Å². The average Bonchev–Trinajstić information content (AvgIpc) is 2.27. The minimum atomic E-state index is 0.806. The lowest BCUT2D eigenvalue weighted by molar-refractivity contribution is 0.931. The molecule has 0 unspecified atom stereocenters. The van der Waals surface area contributed by atoms with Gasteiger partial charge in [0.1, 0.15) is 0 Å². The highest BCUT2D eigenvalue weighted by Crippen LogP contribution is 2.20. The van der Waals surface area contributed by atoms with Crippen LogP contribution in [0, 0.1) is 6.92 Å². The summed E-state index contributed by atoms with van der Waals surface area (Å²) in [7, 11) is 0. The topological polar surface area (TPSA) is 38.7 Å². The van der Waals surface area contributed by atoms with Gasteiger partial charge < -0.3 is 0 Å². The van der Waals surface area contributed by atoms with Gasteiger partial charge in [0.25, 0.3) is 0 Å². The SMILES string of the molecule is Cc1ccnc(SCc2cncc(Br)c2)n1. The van der Waals surface area contributed by atoms with Gasteiger partial charge in [0.05, 0.1) is 0 Å². The Labute approximate surface area is 107 Å². The van der Waals surface area contributed by atoms with Crippen LogP contribution in [0.4, 0.5) is 0 Å². The molecule has 82 valence electrons. The molecule has 0 saturated heterocycles. The average molecular weight is 296 g/mol. The number of pyridine rings is 1. The molecule has 0 aromatic carbocycles. The Hall–Kier alpha value is -0.940. The Balaban J connectivity index is 2.02. The van der Waals surface area contributed by atoms with Crippen LogP contribution in [0.3, 0.4) is 0 Å². The summed E-state index contributed by atoms with van der Waals surface area (Å²) in [5, 5.41) is 0.806. The zero-order valence-corrected chi connectivity index (χ0v) is 11.1. The summed E-state index contributed by atoms with van der Waals surface area (Å²) in [6.07, 6.45) is 5.41. The van der Waals surface area contributed by atoms with E-state index in [1.807, 2.05) is 19.2 Å². The van der Waals surface area contributed by atoms with Crippen LogP contribution in [-0.2, 0) is 5.75 Å². The number of hydrogen-bond acceptors (Lipinski definition) is 4. The van der Waals surface area contributed by atoms with E-state index in [1.165, 1.54) is 0 Å². The highest BCUT2D eigenvalue weighted by atomic mass is 79.9. The molecule has 2 aromatic heterocycles. The van der Waals surface area contributed by atoms with Crippen LogP contribution in [0.25, 0.3) is 0 Å². The molecule has 0 amide bonds. The van der Waals surface area contributed by atoms with E-state index in [9.17, 15) is 0 Å². The van der Waals surface area contributed by atoms with Gasteiger partial charge in [-0.15, -0.1) is 0 Å². The molecule has 0 fully saturated rings. The van der Waals surface area contributed by atoms with Crippen LogP contribution in [0.2, 0.25) is 0 Å². The quantitative estimate of drug-likeness (QED) is 0.644. The number of halogens is 1. The number of thioether (sulfide) groups is 1.